The van der Waals surface area contributed by atoms with E-state index in [1.165, 1.54) is 0 Å². The molecular weight excluding hydrogens is 154 g/mol. The molecule has 0 heterocycles. The Labute approximate surface area is 74.1 Å². The lowest BCUT2D eigenvalue weighted by Gasteiger charge is -2.28. The molecule has 0 aliphatic rings. The number of aliphatic hydroxyl groups excluding tert-OH is 2. The predicted octanol–water partition coefficient (Wildman–Crippen LogP) is 0.282. The standard InChI is InChI=1S/C9H19NO2/c1-5-7(8(12)6-11)10-9(2,3)4/h5,7-8,10-12H,1,6H2,2-4H3/t7-,8+/m0/s1. The third kappa shape index (κ3) is 4.49. The van der Waals surface area contributed by atoms with E-state index >= 15 is 0 Å². The molecule has 0 fully saturated rings. The van der Waals surface area contributed by atoms with Gasteiger partial charge in [0, 0.05) is 5.54 Å². The number of hydrogen-bond donors (Lipinski definition) is 3. The predicted molar refractivity (Wildman–Crippen MR) is 50.0 cm³/mol. The summed E-state index contributed by atoms with van der Waals surface area (Å²) in [5.74, 6) is 0. The van der Waals surface area contributed by atoms with Crippen molar-refractivity contribution in [2.45, 2.75) is 38.5 Å². The van der Waals surface area contributed by atoms with Gasteiger partial charge in [-0.3, -0.25) is 0 Å². The van der Waals surface area contributed by atoms with Crippen LogP contribution in [0.1, 0.15) is 20.8 Å². The van der Waals surface area contributed by atoms with Crippen LogP contribution in [0.25, 0.3) is 0 Å². The Morgan fingerprint density at radius 2 is 2.00 bits per heavy atom. The van der Waals surface area contributed by atoms with Crippen LogP contribution in [0, 0.1) is 0 Å². The van der Waals surface area contributed by atoms with Crippen LogP contribution < -0.4 is 5.32 Å². The Kier molecular flexibility index (Phi) is 4.45. The van der Waals surface area contributed by atoms with Gasteiger partial charge in [0.25, 0.3) is 0 Å². The van der Waals surface area contributed by atoms with Crippen molar-refractivity contribution in [2.75, 3.05) is 6.61 Å². The van der Waals surface area contributed by atoms with Crippen molar-refractivity contribution in [3.05, 3.63) is 12.7 Å². The summed E-state index contributed by atoms with van der Waals surface area (Å²) in [7, 11) is 0. The Hall–Kier alpha value is -0.380. The highest BCUT2D eigenvalue weighted by atomic mass is 16.3. The third-order valence-electron chi connectivity index (χ3n) is 1.46. The van der Waals surface area contributed by atoms with Crippen molar-refractivity contribution >= 4 is 0 Å². The Morgan fingerprint density at radius 1 is 1.50 bits per heavy atom. The monoisotopic (exact) mass is 173 g/mol. The van der Waals surface area contributed by atoms with Gasteiger partial charge in [0.05, 0.1) is 18.8 Å². The molecule has 12 heavy (non-hydrogen) atoms. The lowest BCUT2D eigenvalue weighted by atomic mass is 10.0. The molecule has 0 saturated heterocycles. The van der Waals surface area contributed by atoms with Crippen LogP contribution in [0.15, 0.2) is 12.7 Å². The maximum Gasteiger partial charge on any atom is 0.0959 e. The Balaban J connectivity index is 4.08. The highest BCUT2D eigenvalue weighted by molar-refractivity contribution is 4.94. The highest BCUT2D eigenvalue weighted by Gasteiger charge is 2.20. The normalized spacial score (nSPS) is 17.1. The summed E-state index contributed by atoms with van der Waals surface area (Å²) in [5.41, 5.74) is -0.0883. The molecule has 2 atom stereocenters. The average molecular weight is 173 g/mol. The van der Waals surface area contributed by atoms with Crippen molar-refractivity contribution < 1.29 is 10.2 Å². The van der Waals surface area contributed by atoms with Crippen LogP contribution in [-0.2, 0) is 0 Å². The fourth-order valence-corrected chi connectivity index (χ4v) is 0.926. The zero-order valence-electron chi connectivity index (χ0n) is 8.04. The lowest BCUT2D eigenvalue weighted by molar-refractivity contribution is 0.0684. The number of hydrogen-bond acceptors (Lipinski definition) is 3. The second-order valence-corrected chi connectivity index (χ2v) is 3.91. The van der Waals surface area contributed by atoms with E-state index in [1.807, 2.05) is 20.8 Å². The summed E-state index contributed by atoms with van der Waals surface area (Å²) in [5, 5.41) is 21.1. The fraction of sp³-hybridized carbons (Fsp3) is 0.778. The molecule has 0 bridgehead atoms. The van der Waals surface area contributed by atoms with Crippen LogP contribution in [0.5, 0.6) is 0 Å². The van der Waals surface area contributed by atoms with E-state index in [0.717, 1.165) is 0 Å². The van der Waals surface area contributed by atoms with E-state index in [9.17, 15) is 5.11 Å². The minimum absolute atomic E-state index is 0.0883. The molecule has 72 valence electrons. The number of nitrogens with one attached hydrogen (secondary N) is 1. The molecular formula is C9H19NO2. The highest BCUT2D eigenvalue weighted by Crippen LogP contribution is 2.04. The Bertz CT molecular complexity index is 140. The Morgan fingerprint density at radius 3 is 2.25 bits per heavy atom. The molecule has 3 nitrogen and oxygen atoms in total. The van der Waals surface area contributed by atoms with Crippen LogP contribution in [0.2, 0.25) is 0 Å². The molecule has 0 aliphatic heterocycles. The van der Waals surface area contributed by atoms with Gasteiger partial charge in [-0.15, -0.1) is 6.58 Å². The average Bonchev–Trinajstić information content (AvgIpc) is 1.97. The van der Waals surface area contributed by atoms with Gasteiger partial charge in [0.2, 0.25) is 0 Å². The topological polar surface area (TPSA) is 52.5 Å². The molecule has 0 aromatic heterocycles. The quantitative estimate of drug-likeness (QED) is 0.535. The minimum atomic E-state index is -0.776. The molecule has 0 aliphatic carbocycles. The van der Waals surface area contributed by atoms with E-state index in [2.05, 4.69) is 11.9 Å². The van der Waals surface area contributed by atoms with E-state index in [0.29, 0.717) is 0 Å². The molecule has 3 heteroatoms. The van der Waals surface area contributed by atoms with Gasteiger partial charge < -0.3 is 15.5 Å². The maximum absolute atomic E-state index is 9.30. The van der Waals surface area contributed by atoms with Gasteiger partial charge >= 0.3 is 0 Å². The largest absolute Gasteiger partial charge is 0.394 e. The van der Waals surface area contributed by atoms with Gasteiger partial charge in [-0.1, -0.05) is 6.08 Å². The third-order valence-corrected chi connectivity index (χ3v) is 1.46. The SMILES string of the molecule is C=C[C@H](NC(C)(C)C)[C@H](O)CO. The lowest BCUT2D eigenvalue weighted by Crippen LogP contribution is -2.49. The fourth-order valence-electron chi connectivity index (χ4n) is 0.926. The summed E-state index contributed by atoms with van der Waals surface area (Å²) in [4.78, 5) is 0. The molecule has 3 N–H and O–H groups in total. The maximum atomic E-state index is 9.30. The molecule has 0 unspecified atom stereocenters. The zero-order valence-corrected chi connectivity index (χ0v) is 8.04. The summed E-state index contributed by atoms with van der Waals surface area (Å²) in [6.45, 7) is 9.31. The van der Waals surface area contributed by atoms with Gasteiger partial charge in [-0.2, -0.15) is 0 Å². The van der Waals surface area contributed by atoms with Crippen molar-refractivity contribution in [1.82, 2.24) is 5.32 Å². The zero-order chi connectivity index (χ0) is 9.78. The first-order chi connectivity index (χ1) is 5.40. The molecule has 0 radical (unpaired) electrons. The van der Waals surface area contributed by atoms with Gasteiger partial charge in [0.1, 0.15) is 0 Å². The molecule has 0 aromatic rings. The second-order valence-electron chi connectivity index (χ2n) is 3.91. The molecule has 0 rings (SSSR count). The summed E-state index contributed by atoms with van der Waals surface area (Å²) >= 11 is 0. The summed E-state index contributed by atoms with van der Waals surface area (Å²) < 4.78 is 0. The van der Waals surface area contributed by atoms with E-state index < -0.39 is 6.10 Å². The van der Waals surface area contributed by atoms with Crippen molar-refractivity contribution in [3.63, 3.8) is 0 Å². The molecule has 0 saturated carbocycles. The molecule has 0 spiro atoms. The van der Waals surface area contributed by atoms with Gasteiger partial charge in [-0.25, -0.2) is 0 Å². The van der Waals surface area contributed by atoms with Crippen LogP contribution in [0.4, 0.5) is 0 Å². The minimum Gasteiger partial charge on any atom is -0.394 e. The second kappa shape index (κ2) is 4.60. The summed E-state index contributed by atoms with van der Waals surface area (Å²) in [6, 6.07) is -0.255. The van der Waals surface area contributed by atoms with Crippen LogP contribution >= 0.6 is 0 Å². The number of rotatable bonds is 4. The smallest absolute Gasteiger partial charge is 0.0959 e. The van der Waals surface area contributed by atoms with Gasteiger partial charge in [0.15, 0.2) is 0 Å². The van der Waals surface area contributed by atoms with Crippen molar-refractivity contribution in [1.29, 1.82) is 0 Å². The first kappa shape index (κ1) is 11.6. The number of aliphatic hydroxyl groups is 2. The molecule has 0 aromatic carbocycles. The molecule has 0 amide bonds. The van der Waals surface area contributed by atoms with E-state index in [4.69, 9.17) is 5.11 Å². The van der Waals surface area contributed by atoms with Crippen LogP contribution in [-0.4, -0.2) is 34.5 Å². The van der Waals surface area contributed by atoms with Crippen molar-refractivity contribution in [2.24, 2.45) is 0 Å². The summed E-state index contributed by atoms with van der Waals surface area (Å²) in [6.07, 6.45) is 0.827. The first-order valence-corrected chi connectivity index (χ1v) is 4.10. The van der Waals surface area contributed by atoms with Gasteiger partial charge in [-0.05, 0) is 20.8 Å². The van der Waals surface area contributed by atoms with E-state index in [1.54, 1.807) is 6.08 Å². The van der Waals surface area contributed by atoms with Crippen molar-refractivity contribution in [3.8, 4) is 0 Å². The van der Waals surface area contributed by atoms with Crippen LogP contribution in [0.3, 0.4) is 0 Å². The first-order valence-electron chi connectivity index (χ1n) is 4.10. The van der Waals surface area contributed by atoms with E-state index in [-0.39, 0.29) is 18.2 Å².